The van der Waals surface area contributed by atoms with Crippen LogP contribution in [0.3, 0.4) is 0 Å². The van der Waals surface area contributed by atoms with Crippen LogP contribution in [-0.4, -0.2) is 15.6 Å². The molecular weight excluding hydrogens is 200 g/mol. The van der Waals surface area contributed by atoms with E-state index in [0.717, 1.165) is 13.0 Å². The lowest BCUT2D eigenvalue weighted by Crippen LogP contribution is -2.29. The quantitative estimate of drug-likeness (QED) is 0.529. The summed E-state index contributed by atoms with van der Waals surface area (Å²) in [4.78, 5) is 0. The second-order valence-electron chi connectivity index (χ2n) is 3.65. The maximum Gasteiger partial charge on any atom is 0.205 e. The fourth-order valence-electron chi connectivity index (χ4n) is 1.37. The largest absolute Gasteiger partial charge is 0.412 e. The van der Waals surface area contributed by atoms with Gasteiger partial charge in [-0.2, -0.15) is 0 Å². The van der Waals surface area contributed by atoms with Gasteiger partial charge in [-0.1, -0.05) is 55.8 Å². The van der Waals surface area contributed by atoms with Crippen molar-refractivity contribution in [1.29, 1.82) is 0 Å². The van der Waals surface area contributed by atoms with Crippen molar-refractivity contribution < 1.29 is 4.43 Å². The van der Waals surface area contributed by atoms with Gasteiger partial charge in [0.15, 0.2) is 0 Å². The molecule has 1 rings (SSSR count). The predicted octanol–water partition coefficient (Wildman–Crippen LogP) is 2.62. The van der Waals surface area contributed by atoms with Crippen LogP contribution in [0, 0.1) is 0 Å². The first-order chi connectivity index (χ1) is 7.34. The molecule has 2 heteroatoms. The molecule has 1 aromatic carbocycles. The lowest BCUT2D eigenvalue weighted by molar-refractivity contribution is 0.378. The van der Waals surface area contributed by atoms with Crippen molar-refractivity contribution in [2.24, 2.45) is 0 Å². The third kappa shape index (κ3) is 4.95. The van der Waals surface area contributed by atoms with Gasteiger partial charge in [-0.05, 0) is 18.2 Å². The lowest BCUT2D eigenvalue weighted by Gasteiger charge is -2.09. The van der Waals surface area contributed by atoms with Crippen LogP contribution in [0.1, 0.15) is 19.8 Å². The summed E-state index contributed by atoms with van der Waals surface area (Å²) in [6.45, 7) is 5.18. The van der Waals surface area contributed by atoms with Crippen molar-refractivity contribution in [3.8, 4) is 0 Å². The summed E-state index contributed by atoms with van der Waals surface area (Å²) in [6, 6.07) is 10.5. The maximum atomic E-state index is 5.83. The van der Waals surface area contributed by atoms with Gasteiger partial charge >= 0.3 is 0 Å². The Morgan fingerprint density at radius 2 is 1.93 bits per heavy atom. The number of allylic oxidation sites excluding steroid dienone is 1. The molecule has 0 saturated carbocycles. The first-order valence-corrected chi connectivity index (χ1v) is 7.86. The first kappa shape index (κ1) is 12.2. The van der Waals surface area contributed by atoms with E-state index < -0.39 is 9.04 Å². The lowest BCUT2D eigenvalue weighted by atomic mass is 10.3. The van der Waals surface area contributed by atoms with Crippen LogP contribution in [0.25, 0.3) is 0 Å². The van der Waals surface area contributed by atoms with Gasteiger partial charge in [-0.3, -0.25) is 0 Å². The molecule has 82 valence electrons. The van der Waals surface area contributed by atoms with E-state index in [1.165, 1.54) is 11.6 Å². The molecule has 0 bridgehead atoms. The second-order valence-corrected chi connectivity index (χ2v) is 5.93. The number of hydrogen-bond acceptors (Lipinski definition) is 1. The zero-order valence-corrected chi connectivity index (χ0v) is 10.8. The molecule has 0 aliphatic rings. The molecule has 0 aliphatic carbocycles. The monoisotopic (exact) mass is 220 g/mol. The van der Waals surface area contributed by atoms with Gasteiger partial charge in [0.25, 0.3) is 0 Å². The van der Waals surface area contributed by atoms with E-state index in [9.17, 15) is 0 Å². The van der Waals surface area contributed by atoms with Crippen LogP contribution in [0.2, 0.25) is 6.55 Å². The summed E-state index contributed by atoms with van der Waals surface area (Å²) in [5.41, 5.74) is 0. The van der Waals surface area contributed by atoms with Crippen molar-refractivity contribution in [3.05, 3.63) is 42.5 Å². The molecule has 0 spiro atoms. The molecule has 1 atom stereocenters. The molecule has 0 N–H and O–H groups in total. The maximum absolute atomic E-state index is 5.83. The average molecular weight is 220 g/mol. The highest BCUT2D eigenvalue weighted by molar-refractivity contribution is 6.66. The molecule has 0 aromatic heterocycles. The van der Waals surface area contributed by atoms with E-state index in [0.29, 0.717) is 0 Å². The molecule has 15 heavy (non-hydrogen) atoms. The van der Waals surface area contributed by atoms with Gasteiger partial charge in [0.05, 0.1) is 6.61 Å². The van der Waals surface area contributed by atoms with E-state index in [4.69, 9.17) is 4.43 Å². The summed E-state index contributed by atoms with van der Waals surface area (Å²) >= 11 is 0. The molecule has 1 nitrogen and oxygen atoms in total. The average Bonchev–Trinajstić information content (AvgIpc) is 2.30. The Morgan fingerprint density at radius 1 is 1.20 bits per heavy atom. The molecule has 0 radical (unpaired) electrons. The van der Waals surface area contributed by atoms with Crippen molar-refractivity contribution >= 4 is 14.2 Å². The van der Waals surface area contributed by atoms with Crippen LogP contribution < -0.4 is 5.19 Å². The number of hydrogen-bond donors (Lipinski definition) is 0. The van der Waals surface area contributed by atoms with Crippen molar-refractivity contribution in [1.82, 2.24) is 0 Å². The number of rotatable bonds is 6. The molecule has 0 heterocycles. The highest BCUT2D eigenvalue weighted by atomic mass is 28.3. The Hall–Kier alpha value is -0.863. The van der Waals surface area contributed by atoms with Crippen LogP contribution in [0.15, 0.2) is 42.5 Å². The molecule has 1 aromatic rings. The minimum atomic E-state index is -1.16. The third-order valence-electron chi connectivity index (χ3n) is 2.33. The van der Waals surface area contributed by atoms with E-state index >= 15 is 0 Å². The molecule has 0 fully saturated rings. The van der Waals surface area contributed by atoms with Crippen molar-refractivity contribution in [2.75, 3.05) is 6.61 Å². The highest BCUT2D eigenvalue weighted by Gasteiger charge is 2.05. The fraction of sp³-hybridized carbons (Fsp3) is 0.385. The second kappa shape index (κ2) is 7.43. The first-order valence-electron chi connectivity index (χ1n) is 5.66. The van der Waals surface area contributed by atoms with Gasteiger partial charge < -0.3 is 4.43 Å². The molecule has 0 amide bonds. The van der Waals surface area contributed by atoms with Gasteiger partial charge in [-0.25, -0.2) is 0 Å². The Balaban J connectivity index is 2.28. The summed E-state index contributed by atoms with van der Waals surface area (Å²) in [7, 11) is -1.16. The third-order valence-corrected chi connectivity index (χ3v) is 4.35. The number of unbranched alkanes of at least 4 members (excludes halogenated alkanes) is 1. The summed E-state index contributed by atoms with van der Waals surface area (Å²) in [6.07, 6.45) is 6.70. The van der Waals surface area contributed by atoms with E-state index in [1.807, 2.05) is 6.07 Å². The molecule has 1 unspecified atom stereocenters. The summed E-state index contributed by atoms with van der Waals surface area (Å²) in [5.74, 6) is 0. The van der Waals surface area contributed by atoms with Gasteiger partial charge in [-0.15, -0.1) is 0 Å². The Morgan fingerprint density at radius 3 is 2.60 bits per heavy atom. The van der Waals surface area contributed by atoms with Crippen LogP contribution >= 0.6 is 0 Å². The zero-order chi connectivity index (χ0) is 10.9. The van der Waals surface area contributed by atoms with Crippen LogP contribution in [0.5, 0.6) is 0 Å². The predicted molar refractivity (Wildman–Crippen MR) is 69.1 cm³/mol. The zero-order valence-electron chi connectivity index (χ0n) is 9.65. The van der Waals surface area contributed by atoms with Crippen molar-refractivity contribution in [3.63, 3.8) is 0 Å². The van der Waals surface area contributed by atoms with E-state index in [2.05, 4.69) is 49.9 Å². The Kier molecular flexibility index (Phi) is 6.05. The van der Waals surface area contributed by atoms with E-state index in [-0.39, 0.29) is 0 Å². The van der Waals surface area contributed by atoms with Gasteiger partial charge in [0.2, 0.25) is 9.04 Å². The van der Waals surface area contributed by atoms with Gasteiger partial charge in [0, 0.05) is 0 Å². The standard InChI is InChI=1S/C13H20OSi/c1-3-4-5-9-12-14-15(2)13-10-7-6-8-11-13/h5-11,15H,3-4,12H2,1-2H3. The Bertz CT molecular complexity index is 282. The molecule has 0 saturated heterocycles. The van der Waals surface area contributed by atoms with Crippen LogP contribution in [0.4, 0.5) is 0 Å². The van der Waals surface area contributed by atoms with Crippen LogP contribution in [-0.2, 0) is 4.43 Å². The van der Waals surface area contributed by atoms with E-state index in [1.54, 1.807) is 0 Å². The van der Waals surface area contributed by atoms with Gasteiger partial charge in [0.1, 0.15) is 0 Å². The minimum absolute atomic E-state index is 0.766. The summed E-state index contributed by atoms with van der Waals surface area (Å²) < 4.78 is 5.83. The molecular formula is C13H20OSi. The summed E-state index contributed by atoms with van der Waals surface area (Å²) in [5, 5.41) is 1.38. The molecule has 0 aliphatic heterocycles. The minimum Gasteiger partial charge on any atom is -0.412 e. The number of benzene rings is 1. The highest BCUT2D eigenvalue weighted by Crippen LogP contribution is 1.93. The normalized spacial score (nSPS) is 13.2. The fourth-order valence-corrected chi connectivity index (χ4v) is 2.73. The Labute approximate surface area is 94.5 Å². The SMILES string of the molecule is CCCC=CCO[SiH](C)c1ccccc1. The smallest absolute Gasteiger partial charge is 0.205 e. The topological polar surface area (TPSA) is 9.23 Å². The van der Waals surface area contributed by atoms with Crippen molar-refractivity contribution in [2.45, 2.75) is 26.3 Å².